The first kappa shape index (κ1) is 13.8. The average Bonchev–Trinajstić information content (AvgIpc) is 2.29. The molecule has 0 aromatic carbocycles. The van der Waals surface area contributed by atoms with Gasteiger partial charge in [-0.1, -0.05) is 0 Å². The van der Waals surface area contributed by atoms with Crippen LogP contribution in [0, 0.1) is 5.92 Å². The maximum absolute atomic E-state index is 12.0. The summed E-state index contributed by atoms with van der Waals surface area (Å²) in [6.07, 6.45) is 5.12. The number of amides is 1. The molecule has 1 aliphatic heterocycles. The number of carbonyl (C=O) groups is 1. The average molecular weight is 244 g/mol. The van der Waals surface area contributed by atoms with Crippen molar-refractivity contribution in [2.45, 2.75) is 32.2 Å². The number of thioether (sulfide) groups is 1. The molecule has 0 aliphatic carbocycles. The van der Waals surface area contributed by atoms with E-state index in [0.717, 1.165) is 38.1 Å². The van der Waals surface area contributed by atoms with E-state index in [-0.39, 0.29) is 0 Å². The van der Waals surface area contributed by atoms with E-state index in [9.17, 15) is 4.79 Å². The summed E-state index contributed by atoms with van der Waals surface area (Å²) >= 11 is 1.80. The number of rotatable bonds is 5. The Labute approximate surface area is 103 Å². The highest BCUT2D eigenvalue weighted by Gasteiger charge is 2.21. The summed E-state index contributed by atoms with van der Waals surface area (Å²) in [6, 6.07) is 0.351. The van der Waals surface area contributed by atoms with E-state index >= 15 is 0 Å². The zero-order valence-electron chi connectivity index (χ0n) is 10.7. The highest BCUT2D eigenvalue weighted by atomic mass is 32.2. The molecule has 0 bridgehead atoms. The van der Waals surface area contributed by atoms with Crippen LogP contribution in [-0.2, 0) is 4.79 Å². The number of nitrogens with one attached hydrogen (secondary N) is 1. The van der Waals surface area contributed by atoms with Crippen molar-refractivity contribution < 1.29 is 4.79 Å². The van der Waals surface area contributed by atoms with Crippen molar-refractivity contribution in [2.24, 2.45) is 5.92 Å². The van der Waals surface area contributed by atoms with Gasteiger partial charge in [-0.25, -0.2) is 0 Å². The molecule has 1 atom stereocenters. The third-order valence-electron chi connectivity index (χ3n) is 3.38. The van der Waals surface area contributed by atoms with Gasteiger partial charge in [-0.2, -0.15) is 11.8 Å². The molecular weight excluding hydrogens is 220 g/mol. The molecular formula is C12H24N2OS. The van der Waals surface area contributed by atoms with Crippen molar-refractivity contribution in [3.63, 3.8) is 0 Å². The van der Waals surface area contributed by atoms with Crippen LogP contribution >= 0.6 is 11.8 Å². The van der Waals surface area contributed by atoms with E-state index in [1.54, 1.807) is 11.8 Å². The molecule has 0 spiro atoms. The van der Waals surface area contributed by atoms with Crippen molar-refractivity contribution in [3.8, 4) is 0 Å². The molecule has 0 aromatic heterocycles. The van der Waals surface area contributed by atoms with E-state index in [1.807, 2.05) is 11.9 Å². The van der Waals surface area contributed by atoms with E-state index in [2.05, 4.69) is 18.5 Å². The van der Waals surface area contributed by atoms with Gasteiger partial charge >= 0.3 is 0 Å². The van der Waals surface area contributed by atoms with Gasteiger partial charge < -0.3 is 10.2 Å². The molecule has 0 aromatic rings. The van der Waals surface area contributed by atoms with Crippen LogP contribution in [0.2, 0.25) is 0 Å². The van der Waals surface area contributed by atoms with Crippen LogP contribution < -0.4 is 5.32 Å². The first-order chi connectivity index (χ1) is 7.65. The zero-order chi connectivity index (χ0) is 12.0. The SMILES string of the molecule is CSCC(C)N(C)C(=O)CC1CCNCC1. The van der Waals surface area contributed by atoms with Gasteiger partial charge in [-0.05, 0) is 45.0 Å². The fraction of sp³-hybridized carbons (Fsp3) is 0.917. The van der Waals surface area contributed by atoms with E-state index in [0.29, 0.717) is 17.9 Å². The Kier molecular flexibility index (Phi) is 6.21. The summed E-state index contributed by atoms with van der Waals surface area (Å²) in [7, 11) is 1.93. The Bertz CT molecular complexity index is 217. The van der Waals surface area contributed by atoms with E-state index < -0.39 is 0 Å². The second kappa shape index (κ2) is 7.17. The minimum absolute atomic E-state index is 0.313. The predicted octanol–water partition coefficient (Wildman–Crippen LogP) is 1.59. The summed E-state index contributed by atoms with van der Waals surface area (Å²) < 4.78 is 0. The molecule has 1 amide bonds. The molecule has 1 saturated heterocycles. The van der Waals surface area contributed by atoms with Gasteiger partial charge in [0.2, 0.25) is 5.91 Å². The van der Waals surface area contributed by atoms with Crippen molar-refractivity contribution in [2.75, 3.05) is 32.1 Å². The Morgan fingerprint density at radius 2 is 2.12 bits per heavy atom. The van der Waals surface area contributed by atoms with Gasteiger partial charge in [0.15, 0.2) is 0 Å². The van der Waals surface area contributed by atoms with Crippen LogP contribution in [0.5, 0.6) is 0 Å². The van der Waals surface area contributed by atoms with Crippen molar-refractivity contribution >= 4 is 17.7 Å². The van der Waals surface area contributed by atoms with Crippen LogP contribution in [0.1, 0.15) is 26.2 Å². The molecule has 16 heavy (non-hydrogen) atoms. The molecule has 4 heteroatoms. The lowest BCUT2D eigenvalue weighted by Gasteiger charge is -2.28. The molecule has 1 rings (SSSR count). The second-order valence-electron chi connectivity index (χ2n) is 4.71. The summed E-state index contributed by atoms with van der Waals surface area (Å²) in [5.74, 6) is 1.93. The largest absolute Gasteiger partial charge is 0.342 e. The minimum Gasteiger partial charge on any atom is -0.342 e. The first-order valence-corrected chi connectivity index (χ1v) is 7.49. The molecule has 1 heterocycles. The van der Waals surface area contributed by atoms with Crippen LogP contribution in [0.3, 0.4) is 0 Å². The monoisotopic (exact) mass is 244 g/mol. The van der Waals surface area contributed by atoms with Gasteiger partial charge in [0.1, 0.15) is 0 Å². The van der Waals surface area contributed by atoms with Crippen molar-refractivity contribution in [1.29, 1.82) is 0 Å². The molecule has 1 fully saturated rings. The normalized spacial score (nSPS) is 19.4. The molecule has 1 aliphatic rings. The molecule has 1 N–H and O–H groups in total. The number of hydrogen-bond donors (Lipinski definition) is 1. The lowest BCUT2D eigenvalue weighted by molar-refractivity contribution is -0.132. The lowest BCUT2D eigenvalue weighted by Crippen LogP contribution is -2.38. The Morgan fingerprint density at radius 1 is 1.50 bits per heavy atom. The van der Waals surface area contributed by atoms with Gasteiger partial charge in [-0.15, -0.1) is 0 Å². The van der Waals surface area contributed by atoms with E-state index in [4.69, 9.17) is 0 Å². The smallest absolute Gasteiger partial charge is 0.222 e. The lowest BCUT2D eigenvalue weighted by atomic mass is 9.94. The second-order valence-corrected chi connectivity index (χ2v) is 5.62. The molecule has 0 saturated carbocycles. The quantitative estimate of drug-likeness (QED) is 0.797. The molecule has 0 radical (unpaired) electrons. The third-order valence-corrected chi connectivity index (χ3v) is 4.20. The first-order valence-electron chi connectivity index (χ1n) is 6.10. The Balaban J connectivity index is 2.32. The summed E-state index contributed by atoms with van der Waals surface area (Å²) in [5, 5.41) is 3.33. The number of nitrogens with zero attached hydrogens (tertiary/aromatic N) is 1. The zero-order valence-corrected chi connectivity index (χ0v) is 11.5. The summed E-state index contributed by atoms with van der Waals surface area (Å²) in [4.78, 5) is 13.9. The fourth-order valence-corrected chi connectivity index (χ4v) is 2.78. The van der Waals surface area contributed by atoms with Gasteiger partial charge in [0, 0.05) is 25.3 Å². The van der Waals surface area contributed by atoms with E-state index in [1.165, 1.54) is 0 Å². The van der Waals surface area contributed by atoms with Crippen molar-refractivity contribution in [3.05, 3.63) is 0 Å². The van der Waals surface area contributed by atoms with Gasteiger partial charge in [0.05, 0.1) is 0 Å². The number of hydrogen-bond acceptors (Lipinski definition) is 3. The molecule has 1 unspecified atom stereocenters. The topological polar surface area (TPSA) is 32.3 Å². The predicted molar refractivity (Wildman–Crippen MR) is 70.8 cm³/mol. The summed E-state index contributed by atoms with van der Waals surface area (Å²) in [6.45, 7) is 4.26. The fourth-order valence-electron chi connectivity index (χ4n) is 2.08. The highest BCUT2D eigenvalue weighted by molar-refractivity contribution is 7.98. The van der Waals surface area contributed by atoms with Gasteiger partial charge in [-0.3, -0.25) is 4.79 Å². The minimum atomic E-state index is 0.313. The van der Waals surface area contributed by atoms with Gasteiger partial charge in [0.25, 0.3) is 0 Å². The van der Waals surface area contributed by atoms with Crippen LogP contribution in [0.25, 0.3) is 0 Å². The highest BCUT2D eigenvalue weighted by Crippen LogP contribution is 2.17. The Morgan fingerprint density at radius 3 is 2.69 bits per heavy atom. The van der Waals surface area contributed by atoms with Crippen LogP contribution in [-0.4, -0.2) is 49.0 Å². The molecule has 94 valence electrons. The third kappa shape index (κ3) is 4.34. The maximum Gasteiger partial charge on any atom is 0.222 e. The number of piperidine rings is 1. The summed E-state index contributed by atoms with van der Waals surface area (Å²) in [5.41, 5.74) is 0. The number of carbonyl (C=O) groups excluding carboxylic acids is 1. The molecule has 3 nitrogen and oxygen atoms in total. The van der Waals surface area contributed by atoms with Crippen LogP contribution in [0.4, 0.5) is 0 Å². The van der Waals surface area contributed by atoms with Crippen LogP contribution in [0.15, 0.2) is 0 Å². The Hall–Kier alpha value is -0.220. The van der Waals surface area contributed by atoms with Crippen molar-refractivity contribution in [1.82, 2.24) is 10.2 Å². The standard InChI is InChI=1S/C12H24N2OS/c1-10(9-16-3)14(2)12(15)8-11-4-6-13-7-5-11/h10-11,13H,4-9H2,1-3H3. The maximum atomic E-state index is 12.0.